The van der Waals surface area contributed by atoms with Gasteiger partial charge < -0.3 is 0 Å². The van der Waals surface area contributed by atoms with Crippen molar-refractivity contribution in [2.75, 3.05) is 0 Å². The molecule has 3 aliphatic rings. The molecule has 0 radical (unpaired) electrons. The fourth-order valence-corrected chi connectivity index (χ4v) is 9.10. The standard InChI is InChI=1S/C37H26S2/c1-3-12-25(13-4-1)27-22-23-35-32(24-27)37(29-17-7-9-20-33(29)38-34-21-10-8-18-30(34)37)31-19-11-16-28(36(31)39-35)26-14-5-2-6-15-26/h1-12,14-25H,13H2. The Labute approximate surface area is 238 Å². The van der Waals surface area contributed by atoms with Crippen molar-refractivity contribution in [3.8, 4) is 11.1 Å². The molecule has 0 amide bonds. The molecular formula is C37H26S2. The highest BCUT2D eigenvalue weighted by molar-refractivity contribution is 8.00. The largest absolute Gasteiger partial charge is 0.0894 e. The number of allylic oxidation sites excluding steroid dienone is 4. The number of hydrogen-bond donors (Lipinski definition) is 0. The van der Waals surface area contributed by atoms with Gasteiger partial charge in [-0.25, -0.2) is 0 Å². The molecule has 186 valence electrons. The first-order valence-electron chi connectivity index (χ1n) is 13.6. The minimum atomic E-state index is -0.386. The monoisotopic (exact) mass is 534 g/mol. The predicted octanol–water partition coefficient (Wildman–Crippen LogP) is 10.3. The first-order chi connectivity index (χ1) is 19.3. The van der Waals surface area contributed by atoms with Crippen molar-refractivity contribution in [3.05, 3.63) is 167 Å². The summed E-state index contributed by atoms with van der Waals surface area (Å²) in [4.78, 5) is 5.40. The van der Waals surface area contributed by atoms with Gasteiger partial charge in [-0.05, 0) is 63.6 Å². The summed E-state index contributed by atoms with van der Waals surface area (Å²) in [5.41, 5.74) is 9.15. The first-order valence-corrected chi connectivity index (χ1v) is 15.2. The molecule has 8 rings (SSSR count). The van der Waals surface area contributed by atoms with E-state index < -0.39 is 0 Å². The molecule has 1 unspecified atom stereocenters. The molecule has 2 heteroatoms. The van der Waals surface area contributed by atoms with Crippen LogP contribution in [0.25, 0.3) is 11.1 Å². The lowest BCUT2D eigenvalue weighted by Crippen LogP contribution is -2.37. The highest BCUT2D eigenvalue weighted by Gasteiger charge is 2.49. The zero-order valence-corrected chi connectivity index (χ0v) is 23.0. The molecule has 1 atom stereocenters. The highest BCUT2D eigenvalue weighted by atomic mass is 32.2. The lowest BCUT2D eigenvalue weighted by atomic mass is 9.63. The third-order valence-electron chi connectivity index (χ3n) is 8.33. The summed E-state index contributed by atoms with van der Waals surface area (Å²) < 4.78 is 0. The summed E-state index contributed by atoms with van der Waals surface area (Å²) in [5, 5.41) is 0. The minimum Gasteiger partial charge on any atom is -0.0894 e. The predicted molar refractivity (Wildman–Crippen MR) is 164 cm³/mol. The molecular weight excluding hydrogens is 509 g/mol. The van der Waals surface area contributed by atoms with Crippen LogP contribution in [-0.4, -0.2) is 0 Å². The zero-order chi connectivity index (χ0) is 25.8. The van der Waals surface area contributed by atoms with Gasteiger partial charge in [-0.15, -0.1) is 0 Å². The van der Waals surface area contributed by atoms with Gasteiger partial charge in [0.15, 0.2) is 0 Å². The minimum absolute atomic E-state index is 0.386. The van der Waals surface area contributed by atoms with Crippen molar-refractivity contribution in [3.63, 3.8) is 0 Å². The maximum atomic E-state index is 2.53. The van der Waals surface area contributed by atoms with Gasteiger partial charge in [-0.2, -0.15) is 0 Å². The van der Waals surface area contributed by atoms with Gasteiger partial charge in [-0.3, -0.25) is 0 Å². The molecule has 0 bridgehead atoms. The molecule has 0 nitrogen and oxygen atoms in total. The smallest absolute Gasteiger partial charge is 0.0745 e. The number of benzene rings is 5. The van der Waals surface area contributed by atoms with Crippen molar-refractivity contribution in [1.82, 2.24) is 0 Å². The second kappa shape index (κ2) is 9.19. The topological polar surface area (TPSA) is 0 Å². The summed E-state index contributed by atoms with van der Waals surface area (Å²) in [6, 6.07) is 43.2. The number of rotatable bonds is 2. The Morgan fingerprint density at radius 2 is 1.26 bits per heavy atom. The second-order valence-electron chi connectivity index (χ2n) is 10.4. The Bertz CT molecular complexity index is 1750. The van der Waals surface area contributed by atoms with Crippen LogP contribution in [0.1, 0.15) is 40.2 Å². The van der Waals surface area contributed by atoms with E-state index in [0.29, 0.717) is 5.92 Å². The van der Waals surface area contributed by atoms with E-state index in [4.69, 9.17) is 0 Å². The van der Waals surface area contributed by atoms with E-state index in [1.54, 1.807) is 0 Å². The number of fused-ring (bicyclic) bond motifs is 8. The molecule has 5 aromatic rings. The van der Waals surface area contributed by atoms with Crippen molar-refractivity contribution in [1.29, 1.82) is 0 Å². The fourth-order valence-electron chi connectivity index (χ4n) is 6.61. The molecule has 0 saturated carbocycles. The molecule has 2 aliphatic heterocycles. The first kappa shape index (κ1) is 23.2. The van der Waals surface area contributed by atoms with Gasteiger partial charge in [0.05, 0.1) is 5.41 Å². The molecule has 1 aliphatic carbocycles. The van der Waals surface area contributed by atoms with Gasteiger partial charge in [0.25, 0.3) is 0 Å². The Morgan fingerprint density at radius 3 is 2.00 bits per heavy atom. The van der Waals surface area contributed by atoms with Crippen LogP contribution in [0.3, 0.4) is 0 Å². The van der Waals surface area contributed by atoms with Crippen LogP contribution < -0.4 is 0 Å². The van der Waals surface area contributed by atoms with Gasteiger partial charge >= 0.3 is 0 Å². The van der Waals surface area contributed by atoms with Crippen LogP contribution in [0.2, 0.25) is 0 Å². The van der Waals surface area contributed by atoms with Crippen LogP contribution in [-0.2, 0) is 5.41 Å². The number of hydrogen-bond acceptors (Lipinski definition) is 2. The lowest BCUT2D eigenvalue weighted by molar-refractivity contribution is 0.664. The maximum Gasteiger partial charge on any atom is 0.0745 e. The molecule has 0 fully saturated rings. The average molecular weight is 535 g/mol. The molecule has 5 aromatic carbocycles. The zero-order valence-electron chi connectivity index (χ0n) is 21.4. The van der Waals surface area contributed by atoms with Gasteiger partial charge in [-0.1, -0.05) is 145 Å². The van der Waals surface area contributed by atoms with E-state index >= 15 is 0 Å². The normalized spacial score (nSPS) is 17.7. The molecule has 0 saturated heterocycles. The van der Waals surface area contributed by atoms with E-state index in [2.05, 4.69) is 140 Å². The summed E-state index contributed by atoms with van der Waals surface area (Å²) in [7, 11) is 0. The molecule has 0 N–H and O–H groups in total. The van der Waals surface area contributed by atoms with E-state index in [9.17, 15) is 0 Å². The van der Waals surface area contributed by atoms with Crippen LogP contribution in [0, 0.1) is 0 Å². The van der Waals surface area contributed by atoms with Gasteiger partial charge in [0.2, 0.25) is 0 Å². The van der Waals surface area contributed by atoms with E-state index in [1.165, 1.54) is 58.5 Å². The SMILES string of the molecule is C1=CCC(c2ccc3c(c2)C2(c4ccccc4Sc4ccccc42)c2cccc(-c4ccccc4)c2S3)C=C1. The van der Waals surface area contributed by atoms with E-state index in [1.807, 2.05) is 23.5 Å². The van der Waals surface area contributed by atoms with Crippen molar-refractivity contribution in [2.45, 2.75) is 37.3 Å². The average Bonchev–Trinajstić information content (AvgIpc) is 3.01. The molecule has 39 heavy (non-hydrogen) atoms. The summed E-state index contributed by atoms with van der Waals surface area (Å²) in [6.45, 7) is 0. The Kier molecular flexibility index (Phi) is 5.46. The molecule has 2 heterocycles. The van der Waals surface area contributed by atoms with Gasteiger partial charge in [0, 0.05) is 25.5 Å². The van der Waals surface area contributed by atoms with Crippen molar-refractivity contribution >= 4 is 23.5 Å². The maximum absolute atomic E-state index is 2.53. The Balaban J connectivity index is 1.50. The van der Waals surface area contributed by atoms with Crippen molar-refractivity contribution in [2.24, 2.45) is 0 Å². The van der Waals surface area contributed by atoms with Crippen LogP contribution in [0.4, 0.5) is 0 Å². The third-order valence-corrected chi connectivity index (χ3v) is 10.7. The van der Waals surface area contributed by atoms with Gasteiger partial charge in [0.1, 0.15) is 0 Å². The van der Waals surface area contributed by atoms with Crippen molar-refractivity contribution < 1.29 is 0 Å². The highest BCUT2D eigenvalue weighted by Crippen LogP contribution is 2.62. The van der Waals surface area contributed by atoms with Crippen LogP contribution >= 0.6 is 23.5 Å². The lowest BCUT2D eigenvalue weighted by Gasteiger charge is -2.46. The summed E-state index contributed by atoms with van der Waals surface area (Å²) in [5.74, 6) is 0.405. The van der Waals surface area contributed by atoms with E-state index in [0.717, 1.165) is 6.42 Å². The fraction of sp³-hybridized carbons (Fsp3) is 0.0811. The molecule has 0 aromatic heterocycles. The van der Waals surface area contributed by atoms with Crippen LogP contribution in [0.15, 0.2) is 159 Å². The molecule has 1 spiro atoms. The quantitative estimate of drug-likeness (QED) is 0.216. The van der Waals surface area contributed by atoms with E-state index in [-0.39, 0.29) is 5.41 Å². The summed E-state index contributed by atoms with van der Waals surface area (Å²) in [6.07, 6.45) is 10.1. The third kappa shape index (κ3) is 3.48. The summed E-state index contributed by atoms with van der Waals surface area (Å²) >= 11 is 3.84. The van der Waals surface area contributed by atoms with Crippen LogP contribution in [0.5, 0.6) is 0 Å². The second-order valence-corrected chi connectivity index (χ2v) is 12.5. The Morgan fingerprint density at radius 1 is 0.564 bits per heavy atom. The Hall–Kier alpha value is -3.72.